The second-order valence-electron chi connectivity index (χ2n) is 5.85. The number of ketones is 1. The van der Waals surface area contributed by atoms with Crippen LogP contribution < -0.4 is 5.73 Å². The molecule has 23 heavy (non-hydrogen) atoms. The summed E-state index contributed by atoms with van der Waals surface area (Å²) in [5, 5.41) is 0. The zero-order valence-electron chi connectivity index (χ0n) is 13.3. The quantitative estimate of drug-likeness (QED) is 0.808. The molecule has 1 fully saturated rings. The lowest BCUT2D eigenvalue weighted by atomic mass is 9.90. The molecule has 126 valence electrons. The van der Waals surface area contributed by atoms with Crippen molar-refractivity contribution < 1.29 is 18.7 Å². The fraction of sp³-hybridized carbons (Fsp3) is 0.529. The van der Waals surface area contributed by atoms with E-state index in [1.807, 2.05) is 0 Å². The Balaban J connectivity index is 1.98. The van der Waals surface area contributed by atoms with Gasteiger partial charge < -0.3 is 15.4 Å². The SMILES string of the molecule is COC(CN)CC(=O)N1CCCC(C(=O)c2ccc(F)cc2)C1. The van der Waals surface area contributed by atoms with Crippen molar-refractivity contribution in [2.45, 2.75) is 25.4 Å². The third-order valence-corrected chi connectivity index (χ3v) is 4.27. The van der Waals surface area contributed by atoms with Crippen molar-refractivity contribution in [2.75, 3.05) is 26.7 Å². The van der Waals surface area contributed by atoms with Crippen LogP contribution >= 0.6 is 0 Å². The third kappa shape index (κ3) is 4.59. The van der Waals surface area contributed by atoms with E-state index in [0.29, 0.717) is 18.7 Å². The second-order valence-corrected chi connectivity index (χ2v) is 5.85. The summed E-state index contributed by atoms with van der Waals surface area (Å²) in [5.41, 5.74) is 6.03. The molecule has 0 aliphatic carbocycles. The number of benzene rings is 1. The highest BCUT2D eigenvalue weighted by Gasteiger charge is 2.29. The van der Waals surface area contributed by atoms with E-state index in [9.17, 15) is 14.0 Å². The molecular formula is C17H23FN2O3. The van der Waals surface area contributed by atoms with Crippen LogP contribution in [0.5, 0.6) is 0 Å². The number of methoxy groups -OCH3 is 1. The van der Waals surface area contributed by atoms with E-state index in [2.05, 4.69) is 0 Å². The molecule has 1 aromatic rings. The van der Waals surface area contributed by atoms with Gasteiger partial charge in [-0.2, -0.15) is 0 Å². The second kappa shape index (κ2) is 8.17. The molecule has 0 radical (unpaired) electrons. The van der Waals surface area contributed by atoms with Crippen molar-refractivity contribution in [3.8, 4) is 0 Å². The summed E-state index contributed by atoms with van der Waals surface area (Å²) in [6.45, 7) is 1.33. The highest BCUT2D eigenvalue weighted by Crippen LogP contribution is 2.22. The molecule has 0 bridgehead atoms. The minimum Gasteiger partial charge on any atom is -0.380 e. The molecule has 5 nitrogen and oxygen atoms in total. The first-order valence-electron chi connectivity index (χ1n) is 7.85. The van der Waals surface area contributed by atoms with Crippen LogP contribution in [0.4, 0.5) is 4.39 Å². The maximum Gasteiger partial charge on any atom is 0.225 e. The minimum absolute atomic E-state index is 0.0374. The van der Waals surface area contributed by atoms with Crippen molar-refractivity contribution in [1.29, 1.82) is 0 Å². The first-order chi connectivity index (χ1) is 11.0. The Morgan fingerprint density at radius 3 is 2.70 bits per heavy atom. The fourth-order valence-electron chi connectivity index (χ4n) is 2.85. The molecule has 6 heteroatoms. The highest BCUT2D eigenvalue weighted by atomic mass is 19.1. The molecule has 2 rings (SSSR count). The largest absolute Gasteiger partial charge is 0.380 e. The van der Waals surface area contributed by atoms with Gasteiger partial charge in [-0.1, -0.05) is 0 Å². The van der Waals surface area contributed by atoms with Crippen molar-refractivity contribution in [3.63, 3.8) is 0 Å². The maximum atomic E-state index is 13.0. The van der Waals surface area contributed by atoms with Crippen LogP contribution in [0, 0.1) is 11.7 Å². The van der Waals surface area contributed by atoms with Crippen LogP contribution in [0.2, 0.25) is 0 Å². The molecule has 2 N–H and O–H groups in total. The number of ether oxygens (including phenoxy) is 1. The minimum atomic E-state index is -0.366. The summed E-state index contributed by atoms with van der Waals surface area (Å²) in [5.74, 6) is -0.685. The lowest BCUT2D eigenvalue weighted by Crippen LogP contribution is -2.44. The fourth-order valence-corrected chi connectivity index (χ4v) is 2.85. The van der Waals surface area contributed by atoms with Crippen molar-refractivity contribution in [1.82, 2.24) is 4.90 Å². The number of carbonyl (C=O) groups is 2. The zero-order chi connectivity index (χ0) is 16.8. The van der Waals surface area contributed by atoms with Gasteiger partial charge in [0, 0.05) is 38.2 Å². The number of rotatable bonds is 6. The molecule has 1 aliphatic rings. The summed E-state index contributed by atoms with van der Waals surface area (Å²) < 4.78 is 18.1. The zero-order valence-corrected chi connectivity index (χ0v) is 13.3. The topological polar surface area (TPSA) is 72.6 Å². The Kier molecular flexibility index (Phi) is 6.24. The molecule has 1 aliphatic heterocycles. The van der Waals surface area contributed by atoms with Gasteiger partial charge in [-0.05, 0) is 37.1 Å². The van der Waals surface area contributed by atoms with E-state index in [-0.39, 0.29) is 42.5 Å². The van der Waals surface area contributed by atoms with Gasteiger partial charge in [-0.25, -0.2) is 4.39 Å². The number of nitrogens with zero attached hydrogens (tertiary/aromatic N) is 1. The van der Waals surface area contributed by atoms with E-state index in [0.717, 1.165) is 12.8 Å². The van der Waals surface area contributed by atoms with E-state index in [4.69, 9.17) is 10.5 Å². The Morgan fingerprint density at radius 1 is 1.39 bits per heavy atom. The molecule has 1 amide bonds. The number of amides is 1. The van der Waals surface area contributed by atoms with Gasteiger partial charge in [0.25, 0.3) is 0 Å². The van der Waals surface area contributed by atoms with Crippen LogP contribution in [0.15, 0.2) is 24.3 Å². The Bertz CT molecular complexity index is 543. The number of Topliss-reactive ketones (excluding diaryl/α,β-unsaturated/α-hetero) is 1. The lowest BCUT2D eigenvalue weighted by Gasteiger charge is -2.33. The first-order valence-corrected chi connectivity index (χ1v) is 7.85. The molecule has 0 saturated carbocycles. The molecule has 1 aromatic carbocycles. The number of carbonyl (C=O) groups excluding carboxylic acids is 2. The van der Waals surface area contributed by atoms with E-state index in [1.165, 1.54) is 31.4 Å². The van der Waals surface area contributed by atoms with Gasteiger partial charge in [-0.15, -0.1) is 0 Å². The van der Waals surface area contributed by atoms with Gasteiger partial charge in [0.2, 0.25) is 5.91 Å². The standard InChI is InChI=1S/C17H23FN2O3/c1-23-15(10-19)9-16(21)20-8-2-3-13(11-20)17(22)12-4-6-14(18)7-5-12/h4-7,13,15H,2-3,8-11,19H2,1H3. The lowest BCUT2D eigenvalue weighted by molar-refractivity contribution is -0.135. The number of likely N-dealkylation sites (tertiary alicyclic amines) is 1. The summed E-state index contributed by atoms with van der Waals surface area (Å²) in [4.78, 5) is 26.5. The third-order valence-electron chi connectivity index (χ3n) is 4.27. The normalized spacial score (nSPS) is 19.4. The summed E-state index contributed by atoms with van der Waals surface area (Å²) >= 11 is 0. The molecule has 0 aromatic heterocycles. The highest BCUT2D eigenvalue weighted by molar-refractivity contribution is 5.98. The van der Waals surface area contributed by atoms with Crippen LogP contribution in [0.25, 0.3) is 0 Å². The number of hydrogen-bond donors (Lipinski definition) is 1. The predicted molar refractivity (Wildman–Crippen MR) is 84.5 cm³/mol. The molecule has 1 heterocycles. The van der Waals surface area contributed by atoms with E-state index >= 15 is 0 Å². The average Bonchev–Trinajstić information content (AvgIpc) is 2.59. The average molecular weight is 322 g/mol. The number of piperidine rings is 1. The number of hydrogen-bond acceptors (Lipinski definition) is 4. The molecular weight excluding hydrogens is 299 g/mol. The monoisotopic (exact) mass is 322 g/mol. The van der Waals surface area contributed by atoms with Crippen molar-refractivity contribution >= 4 is 11.7 Å². The Labute approximate surface area is 135 Å². The van der Waals surface area contributed by atoms with Gasteiger partial charge in [0.15, 0.2) is 5.78 Å². The smallest absolute Gasteiger partial charge is 0.225 e. The molecule has 2 atom stereocenters. The molecule has 0 spiro atoms. The molecule has 2 unspecified atom stereocenters. The van der Waals surface area contributed by atoms with Crippen molar-refractivity contribution in [3.05, 3.63) is 35.6 Å². The van der Waals surface area contributed by atoms with Crippen molar-refractivity contribution in [2.24, 2.45) is 11.7 Å². The van der Waals surface area contributed by atoms with Gasteiger partial charge in [0.05, 0.1) is 12.5 Å². The predicted octanol–water partition coefficient (Wildman–Crippen LogP) is 1.61. The van der Waals surface area contributed by atoms with E-state index < -0.39 is 0 Å². The summed E-state index contributed by atoms with van der Waals surface area (Å²) in [6.07, 6.45) is 1.45. The van der Waals surface area contributed by atoms with Crippen LogP contribution in [-0.2, 0) is 9.53 Å². The van der Waals surface area contributed by atoms with Crippen LogP contribution in [-0.4, -0.2) is 49.4 Å². The summed E-state index contributed by atoms with van der Waals surface area (Å²) in [6, 6.07) is 5.55. The van der Waals surface area contributed by atoms with E-state index in [1.54, 1.807) is 4.90 Å². The number of nitrogens with two attached hydrogens (primary N) is 1. The maximum absolute atomic E-state index is 13.0. The Hall–Kier alpha value is -1.79. The van der Waals surface area contributed by atoms with Gasteiger partial charge in [-0.3, -0.25) is 9.59 Å². The Morgan fingerprint density at radius 2 is 2.09 bits per heavy atom. The summed E-state index contributed by atoms with van der Waals surface area (Å²) in [7, 11) is 1.53. The molecule has 1 saturated heterocycles. The van der Waals surface area contributed by atoms with Gasteiger partial charge >= 0.3 is 0 Å². The number of halogens is 1. The van der Waals surface area contributed by atoms with Crippen LogP contribution in [0.3, 0.4) is 0 Å². The first kappa shape index (κ1) is 17.6. The van der Waals surface area contributed by atoms with Gasteiger partial charge in [0.1, 0.15) is 5.82 Å². The van der Waals surface area contributed by atoms with Crippen LogP contribution in [0.1, 0.15) is 29.6 Å².